The first-order valence-corrected chi connectivity index (χ1v) is 8.48. The van der Waals surface area contributed by atoms with Gasteiger partial charge in [0.05, 0.1) is 6.54 Å². The molecule has 1 aliphatic heterocycles. The Morgan fingerprint density at radius 1 is 1.14 bits per heavy atom. The number of nitrogens with zero attached hydrogens (tertiary/aromatic N) is 1. The Hall–Kier alpha value is -1.32. The number of benzene rings is 1. The third-order valence-corrected chi connectivity index (χ3v) is 5.45. The van der Waals surface area contributed by atoms with Crippen molar-refractivity contribution in [3.63, 3.8) is 0 Å². The van der Waals surface area contributed by atoms with Crippen LogP contribution >= 0.6 is 11.3 Å². The molecule has 3 rings (SSSR count). The second-order valence-electron chi connectivity index (χ2n) is 6.74. The van der Waals surface area contributed by atoms with E-state index in [1.807, 2.05) is 11.3 Å². The summed E-state index contributed by atoms with van der Waals surface area (Å²) in [7, 11) is 0. The van der Waals surface area contributed by atoms with Crippen molar-refractivity contribution >= 4 is 17.0 Å². The highest BCUT2D eigenvalue weighted by Crippen LogP contribution is 2.31. The van der Waals surface area contributed by atoms with Gasteiger partial charge in [-0.25, -0.2) is 0 Å². The molecular weight excluding hydrogens is 276 g/mol. The van der Waals surface area contributed by atoms with Crippen molar-refractivity contribution in [2.24, 2.45) is 0 Å². The van der Waals surface area contributed by atoms with Crippen LogP contribution in [0.2, 0.25) is 0 Å². The van der Waals surface area contributed by atoms with Crippen molar-refractivity contribution in [3.05, 3.63) is 51.7 Å². The molecule has 0 radical (unpaired) electrons. The number of rotatable bonds is 2. The van der Waals surface area contributed by atoms with Crippen LogP contribution in [0.1, 0.15) is 36.1 Å². The molecule has 112 valence electrons. The number of anilines is 1. The third kappa shape index (κ3) is 3.30. The molecule has 1 aliphatic rings. The molecule has 0 bridgehead atoms. The van der Waals surface area contributed by atoms with E-state index in [9.17, 15) is 0 Å². The molecule has 2 nitrogen and oxygen atoms in total. The molecular formula is C18H24N2S. The van der Waals surface area contributed by atoms with E-state index in [1.54, 1.807) is 0 Å². The van der Waals surface area contributed by atoms with Crippen LogP contribution in [0.5, 0.6) is 0 Å². The van der Waals surface area contributed by atoms with E-state index >= 15 is 0 Å². The molecule has 2 aromatic rings. The van der Waals surface area contributed by atoms with E-state index in [2.05, 4.69) is 67.4 Å². The Labute approximate surface area is 131 Å². The van der Waals surface area contributed by atoms with Crippen LogP contribution < -0.4 is 10.2 Å². The van der Waals surface area contributed by atoms with E-state index < -0.39 is 0 Å². The van der Waals surface area contributed by atoms with Crippen LogP contribution in [0.4, 0.5) is 5.69 Å². The summed E-state index contributed by atoms with van der Waals surface area (Å²) in [6.45, 7) is 11.0. The van der Waals surface area contributed by atoms with Gasteiger partial charge >= 0.3 is 0 Å². The zero-order valence-electron chi connectivity index (χ0n) is 13.1. The highest BCUT2D eigenvalue weighted by molar-refractivity contribution is 7.12. The summed E-state index contributed by atoms with van der Waals surface area (Å²) in [4.78, 5) is 5.43. The van der Waals surface area contributed by atoms with Crippen LogP contribution in [0.15, 0.2) is 36.4 Å². The lowest BCUT2D eigenvalue weighted by molar-refractivity contribution is 0.604. The number of hydrogen-bond acceptors (Lipinski definition) is 3. The fourth-order valence-corrected chi connectivity index (χ4v) is 3.83. The number of nitrogens with one attached hydrogen (secondary N) is 1. The third-order valence-electron chi connectivity index (χ3n) is 3.95. The minimum absolute atomic E-state index is 0.251. The second kappa shape index (κ2) is 5.82. The van der Waals surface area contributed by atoms with Gasteiger partial charge in [0.25, 0.3) is 0 Å². The molecule has 0 fully saturated rings. The van der Waals surface area contributed by atoms with Gasteiger partial charge in [-0.2, -0.15) is 0 Å². The zero-order chi connectivity index (χ0) is 14.9. The molecule has 0 aliphatic carbocycles. The minimum atomic E-state index is 0.251. The monoisotopic (exact) mass is 300 g/mol. The first-order chi connectivity index (χ1) is 10.0. The molecule has 1 aromatic carbocycles. The van der Waals surface area contributed by atoms with Crippen molar-refractivity contribution in [1.82, 2.24) is 5.32 Å². The maximum Gasteiger partial charge on any atom is 0.0523 e. The Bertz CT molecular complexity index is 610. The average Bonchev–Trinajstić information content (AvgIpc) is 2.82. The summed E-state index contributed by atoms with van der Waals surface area (Å²) >= 11 is 1.95. The SMILES string of the molecule is CC(C)(C)c1ccc(CN2CCNCc3ccccc32)s1. The fourth-order valence-electron chi connectivity index (χ4n) is 2.74. The fraction of sp³-hybridized carbons (Fsp3) is 0.444. The van der Waals surface area contributed by atoms with E-state index in [4.69, 9.17) is 0 Å². The van der Waals surface area contributed by atoms with Gasteiger partial charge in [-0.05, 0) is 29.2 Å². The molecule has 0 spiro atoms. The molecule has 0 amide bonds. The van der Waals surface area contributed by atoms with Gasteiger partial charge in [-0.1, -0.05) is 39.0 Å². The molecule has 3 heteroatoms. The van der Waals surface area contributed by atoms with Crippen molar-refractivity contribution < 1.29 is 0 Å². The summed E-state index contributed by atoms with van der Waals surface area (Å²) in [6, 6.07) is 13.4. The molecule has 0 unspecified atom stereocenters. The van der Waals surface area contributed by atoms with Crippen molar-refractivity contribution in [3.8, 4) is 0 Å². The smallest absolute Gasteiger partial charge is 0.0523 e. The van der Waals surface area contributed by atoms with Gasteiger partial charge in [0, 0.05) is 35.1 Å². The number of hydrogen-bond donors (Lipinski definition) is 1. The summed E-state index contributed by atoms with van der Waals surface area (Å²) in [6.07, 6.45) is 0. The number of fused-ring (bicyclic) bond motifs is 1. The van der Waals surface area contributed by atoms with Gasteiger partial charge in [0.15, 0.2) is 0 Å². The predicted molar refractivity (Wildman–Crippen MR) is 92.2 cm³/mol. The first kappa shape index (κ1) is 14.6. The Balaban J connectivity index is 1.83. The maximum absolute atomic E-state index is 3.51. The van der Waals surface area contributed by atoms with Crippen LogP contribution in [0, 0.1) is 0 Å². The normalized spacial score (nSPS) is 15.7. The van der Waals surface area contributed by atoms with E-state index in [0.717, 1.165) is 26.2 Å². The van der Waals surface area contributed by atoms with Gasteiger partial charge in [0.2, 0.25) is 0 Å². The lowest BCUT2D eigenvalue weighted by Crippen LogP contribution is -2.27. The van der Waals surface area contributed by atoms with Gasteiger partial charge < -0.3 is 10.2 Å². The van der Waals surface area contributed by atoms with E-state index in [-0.39, 0.29) is 5.41 Å². The van der Waals surface area contributed by atoms with Crippen LogP contribution in [0.25, 0.3) is 0 Å². The topological polar surface area (TPSA) is 15.3 Å². The maximum atomic E-state index is 3.51. The Kier molecular flexibility index (Phi) is 4.05. The lowest BCUT2D eigenvalue weighted by atomic mass is 9.95. The van der Waals surface area contributed by atoms with Crippen LogP contribution in [-0.4, -0.2) is 13.1 Å². The highest BCUT2D eigenvalue weighted by atomic mass is 32.1. The standard InChI is InChI=1S/C18H24N2S/c1-18(2,3)17-9-8-15(21-17)13-20-11-10-19-12-14-6-4-5-7-16(14)20/h4-9,19H,10-13H2,1-3H3. The summed E-state index contributed by atoms with van der Waals surface area (Å²) in [5.74, 6) is 0. The van der Waals surface area contributed by atoms with Gasteiger partial charge in [0.1, 0.15) is 0 Å². The molecule has 0 saturated heterocycles. The Morgan fingerprint density at radius 2 is 1.95 bits per heavy atom. The number of para-hydroxylation sites is 1. The Morgan fingerprint density at radius 3 is 2.71 bits per heavy atom. The molecule has 1 N–H and O–H groups in total. The van der Waals surface area contributed by atoms with Crippen LogP contribution in [0.3, 0.4) is 0 Å². The molecule has 0 saturated carbocycles. The summed E-state index contributed by atoms with van der Waals surface area (Å²) < 4.78 is 0. The average molecular weight is 300 g/mol. The molecule has 21 heavy (non-hydrogen) atoms. The van der Waals surface area contributed by atoms with E-state index in [0.29, 0.717) is 0 Å². The van der Waals surface area contributed by atoms with Crippen molar-refractivity contribution in [2.45, 2.75) is 39.3 Å². The van der Waals surface area contributed by atoms with Crippen molar-refractivity contribution in [2.75, 3.05) is 18.0 Å². The largest absolute Gasteiger partial charge is 0.365 e. The molecule has 1 aromatic heterocycles. The highest BCUT2D eigenvalue weighted by Gasteiger charge is 2.19. The summed E-state index contributed by atoms with van der Waals surface area (Å²) in [5.41, 5.74) is 3.04. The second-order valence-corrected chi connectivity index (χ2v) is 7.91. The molecule has 2 heterocycles. The minimum Gasteiger partial charge on any atom is -0.365 e. The zero-order valence-corrected chi connectivity index (χ0v) is 14.0. The first-order valence-electron chi connectivity index (χ1n) is 7.67. The quantitative estimate of drug-likeness (QED) is 0.896. The van der Waals surface area contributed by atoms with Gasteiger partial charge in [-0.15, -0.1) is 11.3 Å². The van der Waals surface area contributed by atoms with Crippen molar-refractivity contribution in [1.29, 1.82) is 0 Å². The predicted octanol–water partition coefficient (Wildman–Crippen LogP) is 4.16. The summed E-state index contributed by atoms with van der Waals surface area (Å²) in [5, 5.41) is 3.51. The molecule has 0 atom stereocenters. The van der Waals surface area contributed by atoms with Crippen LogP contribution in [-0.2, 0) is 18.5 Å². The van der Waals surface area contributed by atoms with Gasteiger partial charge in [-0.3, -0.25) is 0 Å². The number of thiophene rings is 1. The lowest BCUT2D eigenvalue weighted by Gasteiger charge is -2.24. The van der Waals surface area contributed by atoms with E-state index in [1.165, 1.54) is 21.0 Å².